The number of rotatable bonds is 5. The number of hydrogen-bond acceptors (Lipinski definition) is 3. The number of hydrogen-bond donors (Lipinski definition) is 3. The number of anilines is 2. The van der Waals surface area contributed by atoms with Gasteiger partial charge in [0.15, 0.2) is 0 Å². The van der Waals surface area contributed by atoms with Gasteiger partial charge in [-0.3, -0.25) is 4.79 Å². The third kappa shape index (κ3) is 4.82. The summed E-state index contributed by atoms with van der Waals surface area (Å²) in [6.45, 7) is 2.12. The minimum Gasteiger partial charge on any atom is -0.479 e. The molecule has 3 aromatic rings. The van der Waals surface area contributed by atoms with Crippen molar-refractivity contribution < 1.29 is 32.7 Å². The van der Waals surface area contributed by atoms with Gasteiger partial charge in [0, 0.05) is 23.5 Å². The average molecular weight is 538 g/mol. The molecule has 1 heterocycles. The van der Waals surface area contributed by atoms with Crippen molar-refractivity contribution in [3.05, 3.63) is 83.4 Å². The van der Waals surface area contributed by atoms with Crippen molar-refractivity contribution in [1.82, 2.24) is 4.90 Å². The van der Waals surface area contributed by atoms with E-state index in [1.165, 1.54) is 17.0 Å². The fourth-order valence-corrected chi connectivity index (χ4v) is 5.63. The second-order valence-electron chi connectivity index (χ2n) is 10.0. The second-order valence-corrected chi connectivity index (χ2v) is 10.0. The van der Waals surface area contributed by atoms with Gasteiger partial charge in [-0.1, -0.05) is 37.6 Å². The Morgan fingerprint density at radius 2 is 1.67 bits per heavy atom. The molecular formula is C29H26F3N3O4. The Labute approximate surface area is 222 Å². The number of aliphatic carboxylic acids is 1. The summed E-state index contributed by atoms with van der Waals surface area (Å²) in [7, 11) is 0. The number of alkyl halides is 3. The molecule has 3 N–H and O–H groups in total. The number of carboxylic acids is 1. The number of nitrogens with one attached hydrogen (secondary N) is 2. The Balaban J connectivity index is 1.28. The van der Waals surface area contributed by atoms with Crippen LogP contribution in [0.4, 0.5) is 29.3 Å². The Kier molecular flexibility index (Phi) is 6.57. The van der Waals surface area contributed by atoms with Gasteiger partial charge in [0.05, 0.1) is 5.56 Å². The van der Waals surface area contributed by atoms with Crippen LogP contribution in [0.3, 0.4) is 0 Å². The standard InChI is InChI=1S/C29H26F3N3O4/c1-17-4-3-13-28(17,26(37)38)35-16-20-14-19(9-12-24(20)25(35)36)18-7-10-22(11-8-18)33-27(39)34-23-6-2-5-21(15-23)29(30,31)32/h2,5-12,14-15,17H,3-4,13,16H2,1H3,(H,37,38)(H2,33,34,39). The van der Waals surface area contributed by atoms with Gasteiger partial charge < -0.3 is 20.6 Å². The van der Waals surface area contributed by atoms with Gasteiger partial charge in [0.25, 0.3) is 5.91 Å². The molecule has 3 aromatic carbocycles. The molecule has 0 radical (unpaired) electrons. The van der Waals surface area contributed by atoms with E-state index in [0.717, 1.165) is 41.7 Å². The number of carboxylic acid groups (broad SMARTS) is 1. The van der Waals surface area contributed by atoms with Crippen LogP contribution in [-0.2, 0) is 17.5 Å². The summed E-state index contributed by atoms with van der Waals surface area (Å²) >= 11 is 0. The van der Waals surface area contributed by atoms with Gasteiger partial charge in [-0.25, -0.2) is 9.59 Å². The number of amides is 3. The number of benzene rings is 3. The first kappa shape index (κ1) is 26.3. The molecule has 7 nitrogen and oxygen atoms in total. The summed E-state index contributed by atoms with van der Waals surface area (Å²) in [6, 6.07) is 15.9. The second kappa shape index (κ2) is 9.76. The van der Waals surface area contributed by atoms with E-state index in [4.69, 9.17) is 0 Å². The smallest absolute Gasteiger partial charge is 0.416 e. The van der Waals surface area contributed by atoms with Crippen molar-refractivity contribution >= 4 is 29.3 Å². The summed E-state index contributed by atoms with van der Waals surface area (Å²) in [6.07, 6.45) is -2.56. The molecule has 1 aliphatic heterocycles. The van der Waals surface area contributed by atoms with Crippen molar-refractivity contribution in [3.63, 3.8) is 0 Å². The minimum absolute atomic E-state index is 0.0114. The molecule has 1 saturated carbocycles. The van der Waals surface area contributed by atoms with Gasteiger partial charge >= 0.3 is 18.2 Å². The van der Waals surface area contributed by atoms with Crippen molar-refractivity contribution in [2.24, 2.45) is 5.92 Å². The molecule has 0 aromatic heterocycles. The first-order valence-corrected chi connectivity index (χ1v) is 12.5. The minimum atomic E-state index is -4.51. The van der Waals surface area contributed by atoms with E-state index in [0.29, 0.717) is 17.7 Å². The maximum absolute atomic E-state index is 13.2. The number of halogens is 3. The summed E-state index contributed by atoms with van der Waals surface area (Å²) in [4.78, 5) is 39.3. The lowest BCUT2D eigenvalue weighted by atomic mass is 9.86. The van der Waals surface area contributed by atoms with E-state index >= 15 is 0 Å². The molecule has 1 aliphatic carbocycles. The van der Waals surface area contributed by atoms with E-state index in [1.807, 2.05) is 13.0 Å². The molecule has 2 atom stereocenters. The van der Waals surface area contributed by atoms with Crippen LogP contribution in [0.5, 0.6) is 0 Å². The Morgan fingerprint density at radius 1 is 0.974 bits per heavy atom. The predicted octanol–water partition coefficient (Wildman–Crippen LogP) is 6.62. The molecular weight excluding hydrogens is 511 g/mol. The fraction of sp³-hybridized carbons (Fsp3) is 0.276. The topological polar surface area (TPSA) is 98.7 Å². The number of urea groups is 1. The molecule has 3 amide bonds. The van der Waals surface area contributed by atoms with E-state index in [-0.39, 0.29) is 24.1 Å². The van der Waals surface area contributed by atoms with E-state index in [2.05, 4.69) is 10.6 Å². The van der Waals surface area contributed by atoms with Crippen LogP contribution in [0.1, 0.15) is 47.7 Å². The number of carbonyl (C=O) groups is 3. The molecule has 0 bridgehead atoms. The Morgan fingerprint density at radius 3 is 2.31 bits per heavy atom. The average Bonchev–Trinajstić information content (AvgIpc) is 3.44. The Bertz CT molecular complexity index is 1450. The van der Waals surface area contributed by atoms with Crippen LogP contribution in [0.25, 0.3) is 11.1 Å². The van der Waals surface area contributed by atoms with E-state index < -0.39 is 29.3 Å². The summed E-state index contributed by atoms with van der Waals surface area (Å²) in [5.74, 6) is -1.37. The summed E-state index contributed by atoms with van der Waals surface area (Å²) in [5, 5.41) is 15.1. The van der Waals surface area contributed by atoms with Crippen LogP contribution in [0.15, 0.2) is 66.7 Å². The highest BCUT2D eigenvalue weighted by atomic mass is 19.4. The van der Waals surface area contributed by atoms with E-state index in [1.54, 1.807) is 36.4 Å². The number of fused-ring (bicyclic) bond motifs is 1. The third-order valence-electron chi connectivity index (χ3n) is 7.70. The largest absolute Gasteiger partial charge is 0.479 e. The maximum Gasteiger partial charge on any atom is 0.416 e. The van der Waals surface area contributed by atoms with Crippen LogP contribution in [0, 0.1) is 5.92 Å². The third-order valence-corrected chi connectivity index (χ3v) is 7.70. The highest BCUT2D eigenvalue weighted by Gasteiger charge is 2.55. The predicted molar refractivity (Wildman–Crippen MR) is 139 cm³/mol. The first-order valence-electron chi connectivity index (χ1n) is 12.5. The highest BCUT2D eigenvalue weighted by molar-refractivity contribution is 6.02. The molecule has 202 valence electrons. The van der Waals surface area contributed by atoms with Gasteiger partial charge in [-0.2, -0.15) is 13.2 Å². The molecule has 1 fully saturated rings. The fourth-order valence-electron chi connectivity index (χ4n) is 5.63. The van der Waals surface area contributed by atoms with Crippen molar-refractivity contribution in [2.75, 3.05) is 10.6 Å². The van der Waals surface area contributed by atoms with Crippen LogP contribution in [-0.4, -0.2) is 33.5 Å². The van der Waals surface area contributed by atoms with Gasteiger partial charge in [0.1, 0.15) is 5.54 Å². The van der Waals surface area contributed by atoms with Crippen molar-refractivity contribution in [2.45, 2.75) is 44.4 Å². The normalized spacial score (nSPS) is 20.6. The zero-order valence-corrected chi connectivity index (χ0v) is 21.0. The van der Waals surface area contributed by atoms with Gasteiger partial charge in [-0.15, -0.1) is 0 Å². The molecule has 39 heavy (non-hydrogen) atoms. The van der Waals surface area contributed by atoms with Gasteiger partial charge in [-0.05, 0) is 77.9 Å². The van der Waals surface area contributed by atoms with Crippen LogP contribution in [0.2, 0.25) is 0 Å². The molecule has 2 aliphatic rings. The quantitative estimate of drug-likeness (QED) is 0.341. The number of carbonyl (C=O) groups excluding carboxylic acids is 2. The molecule has 0 spiro atoms. The first-order chi connectivity index (χ1) is 18.5. The lowest BCUT2D eigenvalue weighted by Crippen LogP contribution is -2.56. The van der Waals surface area contributed by atoms with Crippen molar-refractivity contribution in [1.29, 1.82) is 0 Å². The molecule has 5 rings (SSSR count). The molecule has 10 heteroatoms. The summed E-state index contributed by atoms with van der Waals surface area (Å²) < 4.78 is 38.7. The van der Waals surface area contributed by atoms with Crippen LogP contribution < -0.4 is 10.6 Å². The highest BCUT2D eigenvalue weighted by Crippen LogP contribution is 2.44. The van der Waals surface area contributed by atoms with Crippen LogP contribution >= 0.6 is 0 Å². The maximum atomic E-state index is 13.2. The number of nitrogens with zero attached hydrogens (tertiary/aromatic N) is 1. The summed E-state index contributed by atoms with van der Waals surface area (Å²) in [5.41, 5.74) is 1.30. The molecule has 0 saturated heterocycles. The van der Waals surface area contributed by atoms with Gasteiger partial charge in [0.2, 0.25) is 0 Å². The van der Waals surface area contributed by atoms with Crippen molar-refractivity contribution in [3.8, 4) is 11.1 Å². The lowest BCUT2D eigenvalue weighted by Gasteiger charge is -2.38. The molecule has 2 unspecified atom stereocenters. The van der Waals surface area contributed by atoms with E-state index in [9.17, 15) is 32.7 Å². The zero-order valence-electron chi connectivity index (χ0n) is 21.0. The monoisotopic (exact) mass is 537 g/mol. The zero-order chi connectivity index (χ0) is 27.9. The Hall–Kier alpha value is -4.34. The lowest BCUT2D eigenvalue weighted by molar-refractivity contribution is -0.152. The SMILES string of the molecule is CC1CCCC1(C(=O)O)N1Cc2cc(-c3ccc(NC(=O)Nc4cccc(C(F)(F)F)c4)cc3)ccc2C1=O.